The number of hydrogen-bond acceptors (Lipinski definition) is 6. The number of β-lactam (4-membered cyclic amide) rings is 1. The van der Waals surface area contributed by atoms with Crippen LogP contribution in [0, 0.1) is 23.4 Å². The Kier molecular flexibility index (Phi) is 8.74. The maximum absolute atomic E-state index is 15.6. The van der Waals surface area contributed by atoms with E-state index in [2.05, 4.69) is 0 Å². The molecule has 3 aromatic rings. The summed E-state index contributed by atoms with van der Waals surface area (Å²) < 4.78 is 80.2. The van der Waals surface area contributed by atoms with Gasteiger partial charge in [-0.15, -0.1) is 0 Å². The third-order valence-electron chi connectivity index (χ3n) is 7.64. The van der Waals surface area contributed by atoms with E-state index >= 15 is 4.39 Å². The third-order valence-corrected chi connectivity index (χ3v) is 8.66. The molecule has 0 aromatic heterocycles. The summed E-state index contributed by atoms with van der Waals surface area (Å²) in [5.41, 5.74) is 0.939. The molecule has 2 heterocycles. The first-order valence-electron chi connectivity index (χ1n) is 13.4. The second kappa shape index (κ2) is 12.3. The molecule has 0 saturated carbocycles. The van der Waals surface area contributed by atoms with Gasteiger partial charge in [0.1, 0.15) is 23.2 Å². The Morgan fingerprint density at radius 2 is 1.53 bits per heavy atom. The van der Waals surface area contributed by atoms with Crippen LogP contribution in [0.5, 0.6) is 5.75 Å². The number of ether oxygens (including phenoxy) is 1. The molecule has 2 aliphatic rings. The van der Waals surface area contributed by atoms with Crippen LogP contribution in [-0.2, 0) is 15.1 Å². The second-order valence-corrected chi connectivity index (χ2v) is 11.7. The molecule has 3 atom stereocenters. The number of aliphatic hydroxyl groups excluding tert-OH is 1. The zero-order valence-electron chi connectivity index (χ0n) is 22.6. The van der Waals surface area contributed by atoms with Gasteiger partial charge in [-0.1, -0.05) is 18.2 Å². The molecular formula is C29H28F3N3O7S. The van der Waals surface area contributed by atoms with Gasteiger partial charge in [0.25, 0.3) is 0 Å². The van der Waals surface area contributed by atoms with E-state index in [0.717, 1.165) is 10.4 Å². The Morgan fingerprint density at radius 1 is 0.930 bits per heavy atom. The Balaban J connectivity index is 1.32. The highest BCUT2D eigenvalue weighted by molar-refractivity contribution is 7.83. The Hall–Kier alpha value is -3.98. The normalized spacial score (nSPS) is 20.1. The summed E-state index contributed by atoms with van der Waals surface area (Å²) in [5.74, 6) is -2.93. The Morgan fingerprint density at radius 3 is 2.12 bits per heavy atom. The first-order valence-corrected chi connectivity index (χ1v) is 14.8. The van der Waals surface area contributed by atoms with Crippen molar-refractivity contribution in [3.63, 3.8) is 0 Å². The van der Waals surface area contributed by atoms with Gasteiger partial charge in [0.05, 0.1) is 18.1 Å². The number of amides is 2. The van der Waals surface area contributed by atoms with Gasteiger partial charge >= 0.3 is 16.4 Å². The summed E-state index contributed by atoms with van der Waals surface area (Å²) in [5, 5.41) is 10.6. The lowest BCUT2D eigenvalue weighted by molar-refractivity contribution is -0.131. The van der Waals surface area contributed by atoms with Crippen LogP contribution >= 0.6 is 0 Å². The highest BCUT2D eigenvalue weighted by atomic mass is 32.2. The van der Waals surface area contributed by atoms with E-state index in [1.54, 1.807) is 0 Å². The van der Waals surface area contributed by atoms with Crippen molar-refractivity contribution < 1.29 is 45.6 Å². The molecule has 2 amide bonds. The number of carbonyl (C=O) groups is 2. The molecular weight excluding hydrogens is 591 g/mol. The number of benzene rings is 3. The topological polar surface area (TPSA) is 128 Å². The Bertz CT molecular complexity index is 1600. The lowest BCUT2D eigenvalue weighted by Crippen LogP contribution is -2.55. The van der Waals surface area contributed by atoms with Crippen molar-refractivity contribution in [3.8, 4) is 5.75 Å². The van der Waals surface area contributed by atoms with E-state index < -0.39 is 51.9 Å². The monoisotopic (exact) mass is 619 g/mol. The van der Waals surface area contributed by atoms with Gasteiger partial charge < -0.3 is 19.6 Å². The molecule has 2 saturated heterocycles. The van der Waals surface area contributed by atoms with Crippen molar-refractivity contribution in [1.82, 2.24) is 9.21 Å². The first kappa shape index (κ1) is 30.5. The standard InChI is InChI=1S/C29H28F3N3O7S/c30-19-3-1-18(2-4-19)26(36)12-11-24-27(35(28(24)37)21-7-5-20(31)6-8-21)23-10-9-22(17-25(23)32)42-29(38)33-13-15-34(16-14-33)43(39,40)41/h1-10,17,24,26-27,36H,11-16H2,(H,39,40,41)/t24-,26+,27?/m1/s1. The molecule has 228 valence electrons. The van der Waals surface area contributed by atoms with Gasteiger partial charge in [-0.3, -0.25) is 9.35 Å². The minimum atomic E-state index is -4.38. The number of carbonyl (C=O) groups excluding carboxylic acids is 2. The van der Waals surface area contributed by atoms with E-state index in [-0.39, 0.29) is 56.2 Å². The number of hydrogen-bond donors (Lipinski definition) is 2. The molecule has 3 aromatic carbocycles. The SMILES string of the molecule is O=C(Oc1ccc(C2[C@@H](CC[C@H](O)c3ccc(F)cc3)C(=O)N2c2ccc(F)cc2)c(F)c1)N1CCN(S(=O)(=O)O)CC1. The van der Waals surface area contributed by atoms with Crippen LogP contribution in [0.25, 0.3) is 0 Å². The van der Waals surface area contributed by atoms with Gasteiger partial charge in [-0.2, -0.15) is 12.7 Å². The van der Waals surface area contributed by atoms with Crippen molar-refractivity contribution in [2.24, 2.45) is 5.92 Å². The fourth-order valence-electron chi connectivity index (χ4n) is 5.34. The zero-order chi connectivity index (χ0) is 30.9. The number of nitrogens with zero attached hydrogens (tertiary/aromatic N) is 3. The molecule has 0 radical (unpaired) electrons. The van der Waals surface area contributed by atoms with Gasteiger partial charge in [0.15, 0.2) is 0 Å². The van der Waals surface area contributed by atoms with Crippen LogP contribution in [0.1, 0.15) is 36.1 Å². The van der Waals surface area contributed by atoms with Gasteiger partial charge in [0, 0.05) is 43.5 Å². The predicted molar refractivity (Wildman–Crippen MR) is 148 cm³/mol. The number of halogens is 3. The maximum Gasteiger partial charge on any atom is 0.415 e. The molecule has 2 fully saturated rings. The number of piperazine rings is 1. The van der Waals surface area contributed by atoms with Crippen molar-refractivity contribution >= 4 is 28.0 Å². The molecule has 0 bridgehead atoms. The number of anilines is 1. The van der Waals surface area contributed by atoms with Crippen molar-refractivity contribution in [2.75, 3.05) is 31.1 Å². The van der Waals surface area contributed by atoms with Gasteiger partial charge in [-0.25, -0.2) is 18.0 Å². The molecule has 10 nitrogen and oxygen atoms in total. The second-order valence-electron chi connectivity index (χ2n) is 10.3. The molecule has 5 rings (SSSR count). The summed E-state index contributed by atoms with van der Waals surface area (Å²) in [7, 11) is -4.38. The Labute approximate surface area is 245 Å². The highest BCUT2D eigenvalue weighted by Crippen LogP contribution is 2.47. The average molecular weight is 620 g/mol. The molecule has 14 heteroatoms. The van der Waals surface area contributed by atoms with E-state index in [4.69, 9.17) is 9.29 Å². The zero-order valence-corrected chi connectivity index (χ0v) is 23.5. The highest BCUT2D eigenvalue weighted by Gasteiger charge is 2.49. The summed E-state index contributed by atoms with van der Waals surface area (Å²) in [6.07, 6.45) is -1.51. The quantitative estimate of drug-likeness (QED) is 0.285. The van der Waals surface area contributed by atoms with E-state index in [1.165, 1.54) is 70.5 Å². The van der Waals surface area contributed by atoms with Crippen LogP contribution in [0.3, 0.4) is 0 Å². The van der Waals surface area contributed by atoms with Gasteiger partial charge in [-0.05, 0) is 60.9 Å². The van der Waals surface area contributed by atoms with Crippen LogP contribution in [0.2, 0.25) is 0 Å². The van der Waals surface area contributed by atoms with Crippen LogP contribution < -0.4 is 9.64 Å². The minimum absolute atomic E-state index is 0.0402. The largest absolute Gasteiger partial charge is 0.415 e. The molecule has 2 N–H and O–H groups in total. The number of aliphatic hydroxyl groups is 1. The smallest absolute Gasteiger partial charge is 0.410 e. The van der Waals surface area contributed by atoms with Crippen LogP contribution in [0.4, 0.5) is 23.7 Å². The molecule has 43 heavy (non-hydrogen) atoms. The fraction of sp³-hybridized carbons (Fsp3) is 0.310. The van der Waals surface area contributed by atoms with Crippen molar-refractivity contribution in [1.29, 1.82) is 0 Å². The number of rotatable bonds is 8. The first-order chi connectivity index (χ1) is 20.4. The van der Waals surface area contributed by atoms with Crippen molar-refractivity contribution in [2.45, 2.75) is 25.0 Å². The lowest BCUT2D eigenvalue weighted by atomic mass is 9.78. The summed E-state index contributed by atoms with van der Waals surface area (Å²) >= 11 is 0. The van der Waals surface area contributed by atoms with Crippen LogP contribution in [0.15, 0.2) is 66.7 Å². The fourth-order valence-corrected chi connectivity index (χ4v) is 5.97. The van der Waals surface area contributed by atoms with E-state index in [9.17, 15) is 31.9 Å². The van der Waals surface area contributed by atoms with E-state index in [1.807, 2.05) is 0 Å². The molecule has 0 aliphatic carbocycles. The third kappa shape index (κ3) is 6.67. The van der Waals surface area contributed by atoms with Crippen LogP contribution in [-0.4, -0.2) is 65.5 Å². The van der Waals surface area contributed by atoms with Gasteiger partial charge in [0.2, 0.25) is 5.91 Å². The van der Waals surface area contributed by atoms with Crippen molar-refractivity contribution in [3.05, 3.63) is 95.3 Å². The minimum Gasteiger partial charge on any atom is -0.410 e. The molecule has 0 spiro atoms. The maximum atomic E-state index is 15.6. The molecule has 1 unspecified atom stereocenters. The van der Waals surface area contributed by atoms with E-state index in [0.29, 0.717) is 11.3 Å². The lowest BCUT2D eigenvalue weighted by Gasteiger charge is -2.48. The summed E-state index contributed by atoms with van der Waals surface area (Å²) in [4.78, 5) is 28.4. The molecule has 2 aliphatic heterocycles. The predicted octanol–water partition coefficient (Wildman–Crippen LogP) is 4.24. The average Bonchev–Trinajstić information content (AvgIpc) is 2.97. The summed E-state index contributed by atoms with van der Waals surface area (Å²) in [6.45, 7) is -0.344. The summed E-state index contributed by atoms with van der Waals surface area (Å²) in [6, 6.07) is 13.4.